The first kappa shape index (κ1) is 22.9. The molecule has 1 atom stereocenters. The monoisotopic (exact) mass is 483 g/mol. The van der Waals surface area contributed by atoms with Gasteiger partial charge in [0.15, 0.2) is 5.58 Å². The number of nitrogens with one attached hydrogen (secondary N) is 1. The molecule has 1 aliphatic heterocycles. The van der Waals surface area contributed by atoms with Crippen LogP contribution in [0.25, 0.3) is 11.1 Å². The average Bonchev–Trinajstić information content (AvgIpc) is 2.99. The number of rotatable bonds is 5. The van der Waals surface area contributed by atoms with Crippen molar-refractivity contribution in [2.24, 2.45) is 0 Å². The van der Waals surface area contributed by atoms with E-state index in [-0.39, 0.29) is 29.0 Å². The Hall–Kier alpha value is -2.91. The third-order valence-electron chi connectivity index (χ3n) is 6.85. The molecule has 1 amide bonds. The molecule has 2 aromatic carbocycles. The van der Waals surface area contributed by atoms with Crippen molar-refractivity contribution in [2.75, 3.05) is 13.1 Å². The lowest BCUT2D eigenvalue weighted by atomic mass is 9.88. The maximum absolute atomic E-state index is 13.1. The molecule has 1 unspecified atom stereocenters. The molecule has 9 heteroatoms. The van der Waals surface area contributed by atoms with Gasteiger partial charge in [0.05, 0.1) is 16.5 Å². The third-order valence-corrected chi connectivity index (χ3v) is 8.74. The minimum absolute atomic E-state index is 0.0864. The molecule has 5 rings (SSSR count). The summed E-state index contributed by atoms with van der Waals surface area (Å²) >= 11 is 0. The van der Waals surface area contributed by atoms with E-state index in [4.69, 9.17) is 4.42 Å². The zero-order chi connectivity index (χ0) is 23.7. The Morgan fingerprint density at radius 3 is 2.59 bits per heavy atom. The van der Waals surface area contributed by atoms with Crippen molar-refractivity contribution in [3.8, 4) is 0 Å². The van der Waals surface area contributed by atoms with Crippen molar-refractivity contribution >= 4 is 27.0 Å². The lowest BCUT2D eigenvalue weighted by Crippen LogP contribution is -2.35. The highest BCUT2D eigenvalue weighted by atomic mass is 32.2. The van der Waals surface area contributed by atoms with Gasteiger partial charge >= 0.3 is 5.76 Å². The predicted molar refractivity (Wildman–Crippen MR) is 128 cm³/mol. The highest BCUT2D eigenvalue weighted by Crippen LogP contribution is 2.29. The van der Waals surface area contributed by atoms with Gasteiger partial charge < -0.3 is 9.73 Å². The number of fused-ring (bicyclic) bond motifs is 2. The van der Waals surface area contributed by atoms with Crippen molar-refractivity contribution in [3.63, 3.8) is 0 Å². The maximum atomic E-state index is 13.1. The van der Waals surface area contributed by atoms with Gasteiger partial charge in [-0.05, 0) is 55.4 Å². The van der Waals surface area contributed by atoms with E-state index in [0.717, 1.165) is 50.5 Å². The van der Waals surface area contributed by atoms with Gasteiger partial charge in [0.2, 0.25) is 15.9 Å². The van der Waals surface area contributed by atoms with Gasteiger partial charge in [-0.2, -0.15) is 4.31 Å². The van der Waals surface area contributed by atoms with Crippen LogP contribution in [0.4, 0.5) is 0 Å². The van der Waals surface area contributed by atoms with Crippen LogP contribution in [0.2, 0.25) is 0 Å². The SMILES string of the molecule is O=C(Cn1c(=O)oc2cc(S(=O)(=O)N3CCCCCC3)ccc21)NC1CCCc2ccccc21. The molecule has 1 fully saturated rings. The Balaban J connectivity index is 1.36. The smallest absolute Gasteiger partial charge is 0.408 e. The van der Waals surface area contributed by atoms with Gasteiger partial charge in [0.25, 0.3) is 0 Å². The van der Waals surface area contributed by atoms with Crippen LogP contribution < -0.4 is 11.1 Å². The first-order chi connectivity index (χ1) is 16.4. The summed E-state index contributed by atoms with van der Waals surface area (Å²) in [7, 11) is -3.67. The van der Waals surface area contributed by atoms with E-state index >= 15 is 0 Å². The molecule has 1 saturated heterocycles. The molecule has 0 spiro atoms. The van der Waals surface area contributed by atoms with Gasteiger partial charge in [0.1, 0.15) is 6.54 Å². The summed E-state index contributed by atoms with van der Waals surface area (Å²) in [5.41, 5.74) is 2.92. The van der Waals surface area contributed by atoms with Gasteiger partial charge in [0, 0.05) is 19.2 Å². The summed E-state index contributed by atoms with van der Waals surface area (Å²) in [4.78, 5) is 25.5. The molecule has 0 saturated carbocycles. The van der Waals surface area contributed by atoms with E-state index < -0.39 is 15.8 Å². The average molecular weight is 484 g/mol. The fraction of sp³-hybridized carbons (Fsp3) is 0.440. The van der Waals surface area contributed by atoms with Crippen molar-refractivity contribution < 1.29 is 17.6 Å². The van der Waals surface area contributed by atoms with Crippen molar-refractivity contribution in [2.45, 2.75) is 62.4 Å². The van der Waals surface area contributed by atoms with Gasteiger partial charge in [-0.1, -0.05) is 37.1 Å². The first-order valence-corrected chi connectivity index (χ1v) is 13.4. The van der Waals surface area contributed by atoms with Gasteiger partial charge in [-0.25, -0.2) is 13.2 Å². The van der Waals surface area contributed by atoms with Crippen LogP contribution >= 0.6 is 0 Å². The lowest BCUT2D eigenvalue weighted by Gasteiger charge is -2.26. The Kier molecular flexibility index (Phi) is 6.31. The number of aromatic nitrogens is 1. The van der Waals surface area contributed by atoms with Crippen LogP contribution in [0, 0.1) is 0 Å². The summed E-state index contributed by atoms with van der Waals surface area (Å²) < 4.78 is 34.3. The maximum Gasteiger partial charge on any atom is 0.420 e. The van der Waals surface area contributed by atoms with Crippen LogP contribution in [0.15, 0.2) is 56.6 Å². The fourth-order valence-electron chi connectivity index (χ4n) is 5.08. The van der Waals surface area contributed by atoms with Crippen molar-refractivity contribution in [1.29, 1.82) is 0 Å². The molecule has 180 valence electrons. The molecular formula is C25H29N3O5S. The van der Waals surface area contributed by atoms with E-state index in [2.05, 4.69) is 11.4 Å². The number of hydrogen-bond acceptors (Lipinski definition) is 5. The lowest BCUT2D eigenvalue weighted by molar-refractivity contribution is -0.122. The Labute approximate surface area is 198 Å². The number of hydrogen-bond donors (Lipinski definition) is 1. The molecule has 2 aliphatic rings. The van der Waals surface area contributed by atoms with Crippen LogP contribution in [0.1, 0.15) is 55.7 Å². The second kappa shape index (κ2) is 9.38. The molecule has 3 aromatic rings. The van der Waals surface area contributed by atoms with Crippen molar-refractivity contribution in [3.05, 3.63) is 64.1 Å². The van der Waals surface area contributed by atoms with Crippen LogP contribution in [0.5, 0.6) is 0 Å². The second-order valence-corrected chi connectivity index (χ2v) is 11.1. The number of carbonyl (C=O) groups excluding carboxylic acids is 1. The number of carbonyl (C=O) groups is 1. The molecule has 0 bridgehead atoms. The molecule has 0 radical (unpaired) electrons. The number of nitrogens with zero attached hydrogens (tertiary/aromatic N) is 2. The van der Waals surface area contributed by atoms with Crippen molar-refractivity contribution in [1.82, 2.24) is 14.2 Å². The summed E-state index contributed by atoms with van der Waals surface area (Å²) in [6.45, 7) is 0.800. The van der Waals surface area contributed by atoms with E-state index in [0.29, 0.717) is 18.6 Å². The predicted octanol–water partition coefficient (Wildman–Crippen LogP) is 3.35. The Bertz CT molecular complexity index is 1370. The summed E-state index contributed by atoms with van der Waals surface area (Å²) in [6, 6.07) is 12.4. The van der Waals surface area contributed by atoms with Gasteiger partial charge in [-0.3, -0.25) is 9.36 Å². The molecule has 1 aliphatic carbocycles. The normalized spacial score (nSPS) is 19.5. The molecule has 8 nitrogen and oxygen atoms in total. The highest BCUT2D eigenvalue weighted by molar-refractivity contribution is 7.89. The summed E-state index contributed by atoms with van der Waals surface area (Å²) in [5, 5.41) is 3.05. The Morgan fingerprint density at radius 1 is 1.03 bits per heavy atom. The number of amides is 1. The highest BCUT2D eigenvalue weighted by Gasteiger charge is 2.27. The van der Waals surface area contributed by atoms with E-state index in [1.165, 1.54) is 26.6 Å². The zero-order valence-electron chi connectivity index (χ0n) is 19.0. The van der Waals surface area contributed by atoms with Gasteiger partial charge in [-0.15, -0.1) is 0 Å². The van der Waals surface area contributed by atoms with E-state index in [1.54, 1.807) is 6.07 Å². The molecular weight excluding hydrogens is 454 g/mol. The third kappa shape index (κ3) is 4.42. The number of oxazole rings is 1. The van der Waals surface area contributed by atoms with Crippen LogP contribution in [0.3, 0.4) is 0 Å². The molecule has 34 heavy (non-hydrogen) atoms. The topological polar surface area (TPSA) is 102 Å². The largest absolute Gasteiger partial charge is 0.420 e. The minimum atomic E-state index is -3.67. The van der Waals surface area contributed by atoms with E-state index in [9.17, 15) is 18.0 Å². The standard InChI is InChI=1S/C25H29N3O5S/c29-24(26-21-11-7-9-18-8-3-4-10-20(18)21)17-28-22-13-12-19(16-23(22)33-25(28)30)34(31,32)27-14-5-1-2-6-15-27/h3-4,8,10,12-13,16,21H,1-2,5-7,9,11,14-15,17H2,(H,26,29). The molecule has 1 aromatic heterocycles. The van der Waals surface area contributed by atoms with Crippen LogP contribution in [-0.4, -0.2) is 36.3 Å². The quantitative estimate of drug-likeness (QED) is 0.600. The minimum Gasteiger partial charge on any atom is -0.408 e. The number of sulfonamides is 1. The number of aryl methyl sites for hydroxylation is 1. The van der Waals surface area contributed by atoms with E-state index in [1.807, 2.05) is 18.2 Å². The first-order valence-electron chi connectivity index (χ1n) is 11.9. The molecule has 1 N–H and O–H groups in total. The fourth-order valence-corrected chi connectivity index (χ4v) is 6.61. The summed E-state index contributed by atoms with van der Waals surface area (Å²) in [5.74, 6) is -0.966. The molecule has 2 heterocycles. The second-order valence-electron chi connectivity index (χ2n) is 9.11. The summed E-state index contributed by atoms with van der Waals surface area (Å²) in [6.07, 6.45) is 6.57. The zero-order valence-corrected chi connectivity index (χ0v) is 19.9. The van der Waals surface area contributed by atoms with Crippen LogP contribution in [-0.2, 0) is 27.8 Å². The number of benzene rings is 2. The Morgan fingerprint density at radius 2 is 1.79 bits per heavy atom.